The number of hydrogen-bond donors (Lipinski definition) is 7. The second-order valence-corrected chi connectivity index (χ2v) is 21.0. The van der Waals surface area contributed by atoms with E-state index in [1.54, 1.807) is 41.5 Å². The molecule has 68 heavy (non-hydrogen) atoms. The Morgan fingerprint density at radius 1 is 0.926 bits per heavy atom. The Morgan fingerprint density at radius 3 is 2.26 bits per heavy atom. The maximum Gasteiger partial charge on any atom is 0.319 e. The van der Waals surface area contributed by atoms with Crippen LogP contribution in [0.4, 0.5) is 10.5 Å². The van der Waals surface area contributed by atoms with Crippen molar-refractivity contribution >= 4 is 28.5 Å². The first kappa shape index (κ1) is 55.9. The van der Waals surface area contributed by atoms with Gasteiger partial charge in [0.2, 0.25) is 0 Å². The number of hydrogen-bond acceptors (Lipinski definition) is 15. The summed E-state index contributed by atoms with van der Waals surface area (Å²) in [5.41, 5.74) is -3.96. The number of carbonyl (C=O) groups excluding carboxylic acids is 2. The number of esters is 1. The number of nitrogens with one attached hydrogen (secondary N) is 2. The van der Waals surface area contributed by atoms with Gasteiger partial charge in [-0.25, -0.2) is 4.79 Å². The van der Waals surface area contributed by atoms with E-state index in [9.17, 15) is 35.1 Å². The number of benzene rings is 2. The molecule has 386 valence electrons. The van der Waals surface area contributed by atoms with Gasteiger partial charge in [0, 0.05) is 56.6 Å². The van der Waals surface area contributed by atoms with E-state index in [0.717, 1.165) is 10.8 Å². The number of methoxy groups -OCH3 is 1. The molecule has 3 aliphatic heterocycles. The summed E-state index contributed by atoms with van der Waals surface area (Å²) in [5.74, 6) is -2.89. The molecule has 0 spiro atoms. The zero-order chi connectivity index (χ0) is 50.5. The van der Waals surface area contributed by atoms with Gasteiger partial charge in [-0.05, 0) is 106 Å². The molecule has 17 heteroatoms. The SMILES string of the molecule is CC[C@H]1OC(=O)[C@H](C)[C@@H](O[C@H]2C[C@@](C)(OC)[C@@H](O)[C@H](C)O2)[C@H](C)[C@@H](O[C@@H]2O[C@H](C)C[C@H](N(C)C)[C@H]2O)[C@](C)(O)C[C@@H](C)CN(CCCNC(=O)Nc2cccc3ccccc23)[C@H](C)[C@@H](O)[C@]1(C)O. The minimum Gasteiger partial charge on any atom is -0.459 e. The molecule has 3 saturated heterocycles. The van der Waals surface area contributed by atoms with E-state index in [1.807, 2.05) is 87.1 Å². The van der Waals surface area contributed by atoms with Gasteiger partial charge in [-0.15, -0.1) is 0 Å². The van der Waals surface area contributed by atoms with Crippen LogP contribution in [0.3, 0.4) is 0 Å². The van der Waals surface area contributed by atoms with Gasteiger partial charge in [-0.3, -0.25) is 9.69 Å². The zero-order valence-corrected chi connectivity index (χ0v) is 42.8. The van der Waals surface area contributed by atoms with Crippen molar-refractivity contribution in [2.45, 2.75) is 192 Å². The monoisotopic (exact) mass is 961 g/mol. The van der Waals surface area contributed by atoms with Gasteiger partial charge in [0.05, 0.1) is 47.2 Å². The topological polar surface area (TPSA) is 221 Å². The second kappa shape index (κ2) is 23.5. The van der Waals surface area contributed by atoms with Crippen molar-refractivity contribution < 1.29 is 63.5 Å². The van der Waals surface area contributed by atoms with Crippen molar-refractivity contribution in [1.82, 2.24) is 15.1 Å². The number of cyclic esters (lactones) is 1. The number of amides is 2. The largest absolute Gasteiger partial charge is 0.459 e. The fraction of sp³-hybridized carbons (Fsp3) is 0.765. The van der Waals surface area contributed by atoms with Crippen LogP contribution in [0.25, 0.3) is 10.8 Å². The lowest BCUT2D eigenvalue weighted by Crippen LogP contribution is -2.60. The van der Waals surface area contributed by atoms with Crippen LogP contribution in [0.2, 0.25) is 0 Å². The Bertz CT molecular complexity index is 1930. The van der Waals surface area contributed by atoms with Gasteiger partial charge >= 0.3 is 12.0 Å². The summed E-state index contributed by atoms with van der Waals surface area (Å²) in [7, 11) is 5.26. The van der Waals surface area contributed by atoms with E-state index in [2.05, 4.69) is 10.6 Å². The summed E-state index contributed by atoms with van der Waals surface area (Å²) in [6.07, 6.45) is -8.58. The predicted octanol–water partition coefficient (Wildman–Crippen LogP) is 4.64. The number of nitrogens with zero attached hydrogens (tertiary/aromatic N) is 2. The van der Waals surface area contributed by atoms with Crippen molar-refractivity contribution in [2.75, 3.05) is 46.2 Å². The molecular formula is C51H84N4O13. The molecule has 0 unspecified atom stereocenters. The highest BCUT2D eigenvalue weighted by molar-refractivity contribution is 6.01. The highest BCUT2D eigenvalue weighted by Crippen LogP contribution is 2.40. The Kier molecular flexibility index (Phi) is 19.3. The number of fused-ring (bicyclic) bond motifs is 1. The normalized spacial score (nSPS) is 40.6. The lowest BCUT2D eigenvalue weighted by Gasteiger charge is -2.48. The lowest BCUT2D eigenvalue weighted by molar-refractivity contribution is -0.318. The highest BCUT2D eigenvalue weighted by atomic mass is 16.7. The molecule has 5 rings (SSSR count). The molecule has 3 heterocycles. The van der Waals surface area contributed by atoms with E-state index in [1.165, 1.54) is 14.0 Å². The molecule has 18 atom stereocenters. The average Bonchev–Trinajstić information content (AvgIpc) is 3.28. The number of likely N-dealkylation sites (N-methyl/N-ethyl adjacent to an activating group) is 1. The number of aliphatic hydroxyl groups is 5. The number of ether oxygens (including phenoxy) is 6. The number of carbonyl (C=O) groups is 2. The van der Waals surface area contributed by atoms with Crippen molar-refractivity contribution in [1.29, 1.82) is 0 Å². The fourth-order valence-corrected chi connectivity index (χ4v) is 10.9. The Balaban J connectivity index is 1.48. The zero-order valence-electron chi connectivity index (χ0n) is 42.8. The van der Waals surface area contributed by atoms with Crippen molar-refractivity contribution in [3.63, 3.8) is 0 Å². The molecule has 2 aromatic carbocycles. The first-order valence-corrected chi connectivity index (χ1v) is 24.6. The van der Waals surface area contributed by atoms with Gasteiger partial charge in [-0.2, -0.15) is 0 Å². The molecule has 2 amide bonds. The highest BCUT2D eigenvalue weighted by Gasteiger charge is 2.53. The molecule has 0 bridgehead atoms. The van der Waals surface area contributed by atoms with Crippen LogP contribution in [-0.2, 0) is 33.2 Å². The summed E-state index contributed by atoms with van der Waals surface area (Å²) in [4.78, 5) is 31.6. The van der Waals surface area contributed by atoms with Crippen molar-refractivity contribution in [2.24, 2.45) is 17.8 Å². The van der Waals surface area contributed by atoms with Crippen LogP contribution in [0.5, 0.6) is 0 Å². The van der Waals surface area contributed by atoms with Gasteiger partial charge in [-0.1, -0.05) is 57.2 Å². The third kappa shape index (κ3) is 13.1. The summed E-state index contributed by atoms with van der Waals surface area (Å²) >= 11 is 0. The molecule has 0 radical (unpaired) electrons. The van der Waals surface area contributed by atoms with E-state index >= 15 is 0 Å². The van der Waals surface area contributed by atoms with E-state index < -0.39 is 96.0 Å². The second-order valence-electron chi connectivity index (χ2n) is 21.0. The van der Waals surface area contributed by atoms with E-state index in [4.69, 9.17) is 28.4 Å². The fourth-order valence-electron chi connectivity index (χ4n) is 10.9. The molecule has 2 aromatic rings. The summed E-state index contributed by atoms with van der Waals surface area (Å²) in [5, 5.41) is 67.8. The standard InChI is InChI=1S/C51H84N4O13/c1-14-39-51(10,62)43(57)33(6)55(24-18-23-52-48(60)53-37-22-17-20-35-19-15-16-21-36(35)37)28-29(2)26-49(8,61)45(68-47-41(56)38(54(11)12)25-30(3)64-47)31(4)42(32(5)46(59)66-39)67-40-27-50(9,63-13)44(58)34(7)65-40/h15-17,19-22,29-34,38-45,47,56-58,61-62H,14,18,23-28H2,1-13H3,(H2,52,53,60)/t29-,30-,31+,32-,33-,34+,38+,39-,40+,41-,42+,43-,44+,45-,47+,49-,50-,51-/m1/s1. The van der Waals surface area contributed by atoms with Crippen molar-refractivity contribution in [3.05, 3.63) is 42.5 Å². The maximum absolute atomic E-state index is 14.6. The summed E-state index contributed by atoms with van der Waals surface area (Å²) in [6.45, 7) is 18.5. The smallest absolute Gasteiger partial charge is 0.319 e. The first-order chi connectivity index (χ1) is 31.8. The Labute approximate surface area is 404 Å². The number of rotatable bonds is 12. The van der Waals surface area contributed by atoms with Gasteiger partial charge < -0.3 is 69.5 Å². The molecule has 0 aliphatic carbocycles. The van der Waals surface area contributed by atoms with Crippen LogP contribution in [0, 0.1) is 17.8 Å². The first-order valence-electron chi connectivity index (χ1n) is 24.6. The van der Waals surface area contributed by atoms with Crippen molar-refractivity contribution in [3.8, 4) is 0 Å². The average molecular weight is 961 g/mol. The van der Waals surface area contributed by atoms with E-state index in [-0.39, 0.29) is 43.4 Å². The third-order valence-electron chi connectivity index (χ3n) is 15.0. The van der Waals surface area contributed by atoms with Gasteiger partial charge in [0.1, 0.15) is 30.0 Å². The predicted molar refractivity (Wildman–Crippen MR) is 259 cm³/mol. The quantitative estimate of drug-likeness (QED) is 0.114. The molecular weight excluding hydrogens is 877 g/mol. The van der Waals surface area contributed by atoms with Crippen LogP contribution in [0.1, 0.15) is 101 Å². The van der Waals surface area contributed by atoms with Crippen LogP contribution < -0.4 is 10.6 Å². The number of anilines is 1. The molecule has 3 aliphatic rings. The number of urea groups is 1. The van der Waals surface area contributed by atoms with Crippen LogP contribution in [-0.4, -0.2) is 178 Å². The maximum atomic E-state index is 14.6. The molecule has 0 aromatic heterocycles. The summed E-state index contributed by atoms with van der Waals surface area (Å²) < 4.78 is 38.1. The molecule has 7 N–H and O–H groups in total. The van der Waals surface area contributed by atoms with Gasteiger partial charge in [0.25, 0.3) is 0 Å². The lowest BCUT2D eigenvalue weighted by atomic mass is 9.77. The Hall–Kier alpha value is -3.04. The minimum absolute atomic E-state index is 0.0992. The molecule has 17 nitrogen and oxygen atoms in total. The number of aliphatic hydroxyl groups excluding tert-OH is 3. The Morgan fingerprint density at radius 2 is 1.60 bits per heavy atom. The third-order valence-corrected chi connectivity index (χ3v) is 15.0. The summed E-state index contributed by atoms with van der Waals surface area (Å²) in [6, 6.07) is 12.1. The van der Waals surface area contributed by atoms with E-state index in [0.29, 0.717) is 38.2 Å². The van der Waals surface area contributed by atoms with Crippen LogP contribution in [0.15, 0.2) is 42.5 Å². The van der Waals surface area contributed by atoms with Gasteiger partial charge in [0.15, 0.2) is 12.6 Å². The molecule has 0 saturated carbocycles. The molecule has 3 fully saturated rings. The minimum atomic E-state index is -1.92. The van der Waals surface area contributed by atoms with Crippen LogP contribution >= 0.6 is 0 Å².